The van der Waals surface area contributed by atoms with E-state index in [1.165, 1.54) is 0 Å². The van der Waals surface area contributed by atoms with Crippen molar-refractivity contribution in [3.05, 3.63) is 11.7 Å². The molecule has 17 heavy (non-hydrogen) atoms. The topological polar surface area (TPSA) is 80.0 Å². The highest BCUT2D eigenvalue weighted by Gasteiger charge is 2.17. The molecular formula is C11H16N4O2. The predicted octanol–water partition coefficient (Wildman–Crippen LogP) is 1.15. The Morgan fingerprint density at radius 3 is 2.88 bits per heavy atom. The number of carbonyl (C=O) groups is 1. The summed E-state index contributed by atoms with van der Waals surface area (Å²) < 4.78 is 4.87. The molecule has 0 fully saturated rings. The number of nitrogens with one attached hydrogen (secondary N) is 2. The maximum atomic E-state index is 11.5. The third kappa shape index (κ3) is 4.15. The summed E-state index contributed by atoms with van der Waals surface area (Å²) in [5, 5.41) is 9.15. The summed E-state index contributed by atoms with van der Waals surface area (Å²) in [4.78, 5) is 15.6. The number of aryl methyl sites for hydroxylation is 1. The molecule has 0 saturated heterocycles. The highest BCUT2D eigenvalue weighted by Crippen LogP contribution is 2.12. The van der Waals surface area contributed by atoms with Crippen LogP contribution < -0.4 is 10.6 Å². The van der Waals surface area contributed by atoms with Crippen molar-refractivity contribution in [1.29, 1.82) is 0 Å². The van der Waals surface area contributed by atoms with E-state index in [9.17, 15) is 4.79 Å². The maximum Gasteiger partial charge on any atom is 0.316 e. The van der Waals surface area contributed by atoms with Crippen molar-refractivity contribution in [2.24, 2.45) is 0 Å². The summed E-state index contributed by atoms with van der Waals surface area (Å²) in [5.74, 6) is 6.41. The first-order valence-electron chi connectivity index (χ1n) is 5.41. The Hall–Kier alpha value is -2.03. The minimum absolute atomic E-state index is 0.248. The third-order valence-corrected chi connectivity index (χ3v) is 2.08. The fourth-order valence-corrected chi connectivity index (χ4v) is 1.23. The molecule has 92 valence electrons. The number of rotatable bonds is 4. The van der Waals surface area contributed by atoms with E-state index in [2.05, 4.69) is 32.6 Å². The molecular weight excluding hydrogens is 220 g/mol. The van der Waals surface area contributed by atoms with Gasteiger partial charge < -0.3 is 15.2 Å². The van der Waals surface area contributed by atoms with Gasteiger partial charge in [0.1, 0.15) is 0 Å². The van der Waals surface area contributed by atoms with Crippen LogP contribution in [0.4, 0.5) is 4.79 Å². The van der Waals surface area contributed by atoms with E-state index in [-0.39, 0.29) is 12.1 Å². The van der Waals surface area contributed by atoms with E-state index in [0.29, 0.717) is 24.7 Å². The molecule has 0 saturated carbocycles. The smallest absolute Gasteiger partial charge is 0.316 e. The molecule has 6 heteroatoms. The van der Waals surface area contributed by atoms with Crippen molar-refractivity contribution in [3.8, 4) is 11.8 Å². The molecule has 0 bridgehead atoms. The summed E-state index contributed by atoms with van der Waals surface area (Å²) in [7, 11) is 0. The van der Waals surface area contributed by atoms with Crippen molar-refractivity contribution < 1.29 is 9.32 Å². The Bertz CT molecular complexity index is 430. The molecule has 0 aliphatic carbocycles. The van der Waals surface area contributed by atoms with Crippen LogP contribution in [0.2, 0.25) is 0 Å². The highest BCUT2D eigenvalue weighted by molar-refractivity contribution is 5.74. The number of aromatic nitrogens is 2. The maximum absolute atomic E-state index is 11.5. The average molecular weight is 236 g/mol. The molecule has 1 rings (SSSR count). The largest absolute Gasteiger partial charge is 0.340 e. The normalized spacial score (nSPS) is 11.2. The molecule has 0 aliphatic heterocycles. The van der Waals surface area contributed by atoms with Crippen LogP contribution in [0.1, 0.15) is 38.0 Å². The van der Waals surface area contributed by atoms with Gasteiger partial charge in [-0.2, -0.15) is 4.98 Å². The van der Waals surface area contributed by atoms with Crippen molar-refractivity contribution in [2.45, 2.75) is 33.2 Å². The van der Waals surface area contributed by atoms with Gasteiger partial charge in [-0.25, -0.2) is 4.79 Å². The molecule has 2 N–H and O–H groups in total. The van der Waals surface area contributed by atoms with Crippen LogP contribution in [0.5, 0.6) is 0 Å². The minimum atomic E-state index is -0.290. The van der Waals surface area contributed by atoms with Gasteiger partial charge in [-0.1, -0.05) is 18.0 Å². The van der Waals surface area contributed by atoms with E-state index < -0.39 is 0 Å². The molecule has 0 aliphatic rings. The summed E-state index contributed by atoms with van der Waals surface area (Å²) in [6, 6.07) is -0.538. The Labute approximate surface area is 100 Å². The fourth-order valence-electron chi connectivity index (χ4n) is 1.23. The summed E-state index contributed by atoms with van der Waals surface area (Å²) in [6.07, 6.45) is 0.686. The first-order chi connectivity index (χ1) is 8.17. The van der Waals surface area contributed by atoms with Gasteiger partial charge in [-0.15, -0.1) is 5.92 Å². The number of urea groups is 1. The first-order valence-corrected chi connectivity index (χ1v) is 5.41. The molecule has 0 spiro atoms. The highest BCUT2D eigenvalue weighted by atomic mass is 16.5. The van der Waals surface area contributed by atoms with Gasteiger partial charge >= 0.3 is 6.03 Å². The van der Waals surface area contributed by atoms with Gasteiger partial charge in [-0.05, 0) is 13.3 Å². The number of nitrogens with zero attached hydrogens (tertiary/aromatic N) is 2. The lowest BCUT2D eigenvalue weighted by atomic mass is 10.2. The second-order valence-corrected chi connectivity index (χ2v) is 3.39. The zero-order valence-corrected chi connectivity index (χ0v) is 10.2. The first kappa shape index (κ1) is 13.0. The van der Waals surface area contributed by atoms with E-state index in [1.54, 1.807) is 13.8 Å². The molecule has 1 heterocycles. The lowest BCUT2D eigenvalue weighted by Gasteiger charge is -2.12. The quantitative estimate of drug-likeness (QED) is 0.768. The van der Waals surface area contributed by atoms with Gasteiger partial charge in [0.15, 0.2) is 5.82 Å². The lowest BCUT2D eigenvalue weighted by molar-refractivity contribution is 0.237. The van der Waals surface area contributed by atoms with E-state index in [4.69, 9.17) is 4.52 Å². The zero-order valence-electron chi connectivity index (χ0n) is 10.2. The van der Waals surface area contributed by atoms with Crippen LogP contribution in [0, 0.1) is 18.8 Å². The Morgan fingerprint density at radius 1 is 1.59 bits per heavy atom. The van der Waals surface area contributed by atoms with Gasteiger partial charge in [-0.3, -0.25) is 0 Å². The molecule has 0 radical (unpaired) electrons. The van der Waals surface area contributed by atoms with Crippen LogP contribution in [0.25, 0.3) is 0 Å². The summed E-state index contributed by atoms with van der Waals surface area (Å²) in [6.45, 7) is 5.68. The monoisotopic (exact) mass is 236 g/mol. The van der Waals surface area contributed by atoms with Gasteiger partial charge in [0.2, 0.25) is 5.89 Å². The van der Waals surface area contributed by atoms with Crippen molar-refractivity contribution in [1.82, 2.24) is 20.8 Å². The molecule has 1 atom stereocenters. The van der Waals surface area contributed by atoms with Crippen LogP contribution in [-0.4, -0.2) is 22.7 Å². The molecule has 0 unspecified atom stereocenters. The second-order valence-electron chi connectivity index (χ2n) is 3.39. The zero-order chi connectivity index (χ0) is 12.7. The number of hydrogen-bond acceptors (Lipinski definition) is 4. The van der Waals surface area contributed by atoms with Crippen LogP contribution in [0.3, 0.4) is 0 Å². The Morgan fingerprint density at radius 2 is 2.35 bits per heavy atom. The van der Waals surface area contributed by atoms with Gasteiger partial charge in [0.25, 0.3) is 0 Å². The Balaban J connectivity index is 2.51. The molecule has 1 aromatic rings. The van der Waals surface area contributed by atoms with Gasteiger partial charge in [0, 0.05) is 6.92 Å². The van der Waals surface area contributed by atoms with Crippen LogP contribution in [0.15, 0.2) is 4.52 Å². The van der Waals surface area contributed by atoms with E-state index in [1.807, 2.05) is 6.92 Å². The molecule has 2 amide bonds. The van der Waals surface area contributed by atoms with Crippen LogP contribution in [-0.2, 0) is 0 Å². The standard InChI is InChI=1S/C11H16N4O2/c1-4-6-7-12-11(16)14-9(5-2)10-13-8(3)17-15-10/h9H,5,7H2,1-3H3,(H2,12,14,16)/t9-/m0/s1. The van der Waals surface area contributed by atoms with E-state index >= 15 is 0 Å². The Kier molecular flexibility index (Phi) is 5.01. The molecule has 1 aromatic heterocycles. The van der Waals surface area contributed by atoms with Crippen molar-refractivity contribution >= 4 is 6.03 Å². The molecule has 6 nitrogen and oxygen atoms in total. The molecule has 0 aromatic carbocycles. The van der Waals surface area contributed by atoms with E-state index in [0.717, 1.165) is 0 Å². The number of carbonyl (C=O) groups excluding carboxylic acids is 1. The minimum Gasteiger partial charge on any atom is -0.340 e. The van der Waals surface area contributed by atoms with Crippen LogP contribution >= 0.6 is 0 Å². The summed E-state index contributed by atoms with van der Waals surface area (Å²) in [5.41, 5.74) is 0. The van der Waals surface area contributed by atoms with Crippen molar-refractivity contribution in [3.63, 3.8) is 0 Å². The third-order valence-electron chi connectivity index (χ3n) is 2.08. The average Bonchev–Trinajstić information content (AvgIpc) is 2.73. The van der Waals surface area contributed by atoms with Crippen molar-refractivity contribution in [2.75, 3.05) is 6.54 Å². The number of amides is 2. The SMILES string of the molecule is CC#CCNC(=O)N[C@@H](CC)c1noc(C)n1. The fraction of sp³-hybridized carbons (Fsp3) is 0.545. The predicted molar refractivity (Wildman–Crippen MR) is 62.1 cm³/mol. The number of hydrogen-bond donors (Lipinski definition) is 2. The summed E-state index contributed by atoms with van der Waals surface area (Å²) >= 11 is 0. The second kappa shape index (κ2) is 6.53. The van der Waals surface area contributed by atoms with Gasteiger partial charge in [0.05, 0.1) is 12.6 Å². The lowest BCUT2D eigenvalue weighted by Crippen LogP contribution is -2.38.